The summed E-state index contributed by atoms with van der Waals surface area (Å²) in [5, 5.41) is 19.7. The number of carbonyl (C=O) groups is 2. The van der Waals surface area contributed by atoms with Gasteiger partial charge in [0.15, 0.2) is 0 Å². The minimum atomic E-state index is -1.19. The molecule has 0 amide bonds. The van der Waals surface area contributed by atoms with Crippen LogP contribution in [0.4, 0.5) is 0 Å². The summed E-state index contributed by atoms with van der Waals surface area (Å²) >= 11 is 4.51. The molecule has 15 heavy (non-hydrogen) atoms. The molecule has 2 unspecified atom stereocenters. The van der Waals surface area contributed by atoms with Crippen molar-refractivity contribution in [2.24, 2.45) is 5.92 Å². The first-order valence-electron chi connectivity index (χ1n) is 4.19. The van der Waals surface area contributed by atoms with Crippen LogP contribution >= 0.6 is 27.3 Å². The molecule has 1 aromatic heterocycles. The second-order valence-electron chi connectivity index (χ2n) is 3.50. The van der Waals surface area contributed by atoms with Gasteiger partial charge >= 0.3 is 11.9 Å². The van der Waals surface area contributed by atoms with Crippen molar-refractivity contribution in [3.8, 4) is 0 Å². The average molecular weight is 291 g/mol. The van der Waals surface area contributed by atoms with E-state index < -0.39 is 23.3 Å². The van der Waals surface area contributed by atoms with Crippen LogP contribution in [0.2, 0.25) is 0 Å². The Morgan fingerprint density at radius 1 is 1.53 bits per heavy atom. The van der Waals surface area contributed by atoms with Crippen LogP contribution in [0.25, 0.3) is 0 Å². The molecule has 1 saturated carbocycles. The normalized spacial score (nSPS) is 28.7. The summed E-state index contributed by atoms with van der Waals surface area (Å²) in [6.45, 7) is 0. The second kappa shape index (κ2) is 3.31. The highest BCUT2D eigenvalue weighted by molar-refractivity contribution is 9.10. The van der Waals surface area contributed by atoms with Gasteiger partial charge in [-0.15, -0.1) is 11.3 Å². The fourth-order valence-electron chi connectivity index (χ4n) is 1.72. The fraction of sp³-hybridized carbons (Fsp3) is 0.333. The number of carboxylic acid groups (broad SMARTS) is 2. The average Bonchev–Trinajstić information content (AvgIpc) is 2.78. The molecule has 1 aliphatic carbocycles. The van der Waals surface area contributed by atoms with Crippen molar-refractivity contribution in [2.45, 2.75) is 11.8 Å². The maximum Gasteiger partial charge on any atom is 0.315 e. The highest BCUT2D eigenvalue weighted by Gasteiger charge is 2.66. The Balaban J connectivity index is 2.39. The SMILES string of the molecule is O=C(O)C1CC1(C(=O)O)c1cc(Br)cs1. The molecule has 0 bridgehead atoms. The van der Waals surface area contributed by atoms with Crippen LogP contribution in [0.1, 0.15) is 11.3 Å². The van der Waals surface area contributed by atoms with E-state index in [-0.39, 0.29) is 6.42 Å². The summed E-state index contributed by atoms with van der Waals surface area (Å²) in [7, 11) is 0. The largest absolute Gasteiger partial charge is 0.481 e. The van der Waals surface area contributed by atoms with Crippen molar-refractivity contribution in [2.75, 3.05) is 0 Å². The van der Waals surface area contributed by atoms with Gasteiger partial charge in [0.25, 0.3) is 0 Å². The summed E-state index contributed by atoms with van der Waals surface area (Å²) in [5.41, 5.74) is -1.19. The summed E-state index contributed by atoms with van der Waals surface area (Å²) in [6.07, 6.45) is 0.185. The van der Waals surface area contributed by atoms with Crippen LogP contribution in [0.5, 0.6) is 0 Å². The molecule has 0 aliphatic heterocycles. The Labute approximate surface area is 97.7 Å². The van der Waals surface area contributed by atoms with Crippen molar-refractivity contribution in [3.63, 3.8) is 0 Å². The summed E-state index contributed by atoms with van der Waals surface area (Å²) in [4.78, 5) is 22.5. The van der Waals surface area contributed by atoms with Crippen LogP contribution in [0.3, 0.4) is 0 Å². The molecule has 1 fully saturated rings. The molecule has 0 radical (unpaired) electrons. The molecular weight excluding hydrogens is 284 g/mol. The first-order valence-corrected chi connectivity index (χ1v) is 5.86. The molecule has 1 heterocycles. The predicted molar refractivity (Wildman–Crippen MR) is 57.1 cm³/mol. The Bertz CT molecular complexity index is 441. The zero-order valence-corrected chi connectivity index (χ0v) is 9.84. The van der Waals surface area contributed by atoms with E-state index in [2.05, 4.69) is 15.9 Å². The minimum Gasteiger partial charge on any atom is -0.481 e. The summed E-state index contributed by atoms with van der Waals surface area (Å²) < 4.78 is 0.791. The van der Waals surface area contributed by atoms with E-state index in [1.165, 1.54) is 11.3 Å². The van der Waals surface area contributed by atoms with Crippen molar-refractivity contribution in [1.82, 2.24) is 0 Å². The summed E-state index contributed by atoms with van der Waals surface area (Å²) in [6, 6.07) is 1.68. The number of halogens is 1. The van der Waals surface area contributed by atoms with E-state index in [0.717, 1.165) is 4.47 Å². The summed E-state index contributed by atoms with van der Waals surface area (Å²) in [5.74, 6) is -2.88. The first-order chi connectivity index (χ1) is 6.98. The lowest BCUT2D eigenvalue weighted by Gasteiger charge is -2.07. The van der Waals surface area contributed by atoms with Gasteiger partial charge in [0.1, 0.15) is 5.41 Å². The molecule has 1 aromatic rings. The standard InChI is InChI=1S/C9H7BrO4S/c10-4-1-6(15-3-4)9(8(13)14)2-5(9)7(11)12/h1,3,5H,2H2,(H,11,12)(H,13,14). The number of hydrogen-bond acceptors (Lipinski definition) is 3. The number of hydrogen-bond donors (Lipinski definition) is 2. The van der Waals surface area contributed by atoms with Crippen LogP contribution in [0.15, 0.2) is 15.9 Å². The van der Waals surface area contributed by atoms with E-state index in [1.807, 2.05) is 0 Å². The molecule has 2 atom stereocenters. The lowest BCUT2D eigenvalue weighted by Crippen LogP contribution is -2.24. The maximum atomic E-state index is 11.1. The monoisotopic (exact) mass is 290 g/mol. The van der Waals surface area contributed by atoms with Gasteiger partial charge in [-0.2, -0.15) is 0 Å². The smallest absolute Gasteiger partial charge is 0.315 e. The molecular formula is C9H7BrO4S. The predicted octanol–water partition coefficient (Wildman–Crippen LogP) is 1.94. The topological polar surface area (TPSA) is 74.6 Å². The minimum absolute atomic E-state index is 0.185. The van der Waals surface area contributed by atoms with Crippen LogP contribution in [-0.4, -0.2) is 22.2 Å². The quantitative estimate of drug-likeness (QED) is 0.892. The van der Waals surface area contributed by atoms with Gasteiger partial charge in [-0.1, -0.05) is 0 Å². The van der Waals surface area contributed by atoms with Crippen LogP contribution in [0, 0.1) is 5.92 Å². The van der Waals surface area contributed by atoms with E-state index in [0.29, 0.717) is 4.88 Å². The first kappa shape index (κ1) is 10.6. The van der Waals surface area contributed by atoms with Crippen molar-refractivity contribution in [3.05, 3.63) is 20.8 Å². The number of carboxylic acids is 2. The van der Waals surface area contributed by atoms with Crippen molar-refractivity contribution >= 4 is 39.2 Å². The highest BCUT2D eigenvalue weighted by atomic mass is 79.9. The van der Waals surface area contributed by atoms with Gasteiger partial charge in [-0.3, -0.25) is 9.59 Å². The molecule has 0 spiro atoms. The Kier molecular flexibility index (Phi) is 2.35. The van der Waals surface area contributed by atoms with Gasteiger partial charge in [-0.25, -0.2) is 0 Å². The van der Waals surface area contributed by atoms with Gasteiger partial charge in [0.2, 0.25) is 0 Å². The van der Waals surface area contributed by atoms with Crippen molar-refractivity contribution < 1.29 is 19.8 Å². The molecule has 4 nitrogen and oxygen atoms in total. The maximum absolute atomic E-state index is 11.1. The van der Waals surface area contributed by atoms with Gasteiger partial charge in [-0.05, 0) is 28.4 Å². The zero-order chi connectivity index (χ0) is 11.2. The second-order valence-corrected chi connectivity index (χ2v) is 5.33. The number of aliphatic carboxylic acids is 2. The Morgan fingerprint density at radius 3 is 2.53 bits per heavy atom. The van der Waals surface area contributed by atoms with Gasteiger partial charge < -0.3 is 10.2 Å². The van der Waals surface area contributed by atoms with Crippen LogP contribution < -0.4 is 0 Å². The van der Waals surface area contributed by atoms with E-state index >= 15 is 0 Å². The third-order valence-electron chi connectivity index (χ3n) is 2.65. The van der Waals surface area contributed by atoms with Gasteiger partial charge in [0, 0.05) is 14.7 Å². The lowest BCUT2D eigenvalue weighted by molar-refractivity contribution is -0.145. The fourth-order valence-corrected chi connectivity index (χ4v) is 3.41. The molecule has 0 saturated heterocycles. The van der Waals surface area contributed by atoms with E-state index in [4.69, 9.17) is 10.2 Å². The van der Waals surface area contributed by atoms with E-state index in [9.17, 15) is 9.59 Å². The lowest BCUT2D eigenvalue weighted by atomic mass is 10.0. The van der Waals surface area contributed by atoms with Crippen molar-refractivity contribution in [1.29, 1.82) is 0 Å². The van der Waals surface area contributed by atoms with Gasteiger partial charge in [0.05, 0.1) is 5.92 Å². The Morgan fingerprint density at radius 2 is 2.20 bits per heavy atom. The number of rotatable bonds is 3. The molecule has 2 N–H and O–H groups in total. The Hall–Kier alpha value is -0.880. The molecule has 6 heteroatoms. The molecule has 80 valence electrons. The highest BCUT2D eigenvalue weighted by Crippen LogP contribution is 2.56. The van der Waals surface area contributed by atoms with Crippen LogP contribution in [-0.2, 0) is 15.0 Å². The third-order valence-corrected chi connectivity index (χ3v) is 4.52. The van der Waals surface area contributed by atoms with E-state index in [1.54, 1.807) is 11.4 Å². The molecule has 2 rings (SSSR count). The zero-order valence-electron chi connectivity index (χ0n) is 7.44. The number of thiophene rings is 1. The molecule has 1 aliphatic rings. The third kappa shape index (κ3) is 1.48. The molecule has 0 aromatic carbocycles.